The van der Waals surface area contributed by atoms with Crippen molar-refractivity contribution in [2.75, 3.05) is 18.8 Å². The van der Waals surface area contributed by atoms with Crippen molar-refractivity contribution in [2.45, 2.75) is 30.8 Å². The van der Waals surface area contributed by atoms with Crippen LogP contribution in [0.15, 0.2) is 0 Å². The summed E-state index contributed by atoms with van der Waals surface area (Å²) in [5.41, 5.74) is 0. The van der Waals surface area contributed by atoms with Gasteiger partial charge in [0.05, 0.1) is 10.6 Å². The van der Waals surface area contributed by atoms with E-state index in [4.69, 9.17) is 6.57 Å². The maximum Gasteiger partial charge on any atom is 0.287 e. The molecule has 2 atom stereocenters. The molecule has 2 heterocycles. The SMILES string of the molecule is [C-]#[N+][C@@H]1CSC2(CCCN(C(C)=O)C2)N1. The lowest BCUT2D eigenvalue weighted by Gasteiger charge is -2.38. The predicted molar refractivity (Wildman–Crippen MR) is 60.2 cm³/mol. The van der Waals surface area contributed by atoms with Crippen molar-refractivity contribution in [1.82, 2.24) is 10.2 Å². The number of nitrogens with zero attached hydrogens (tertiary/aromatic N) is 2. The quantitative estimate of drug-likeness (QED) is 0.623. The zero-order valence-corrected chi connectivity index (χ0v) is 9.64. The third kappa shape index (κ3) is 2.11. The molecule has 1 amide bonds. The number of piperidine rings is 1. The number of carbonyl (C=O) groups is 1. The van der Waals surface area contributed by atoms with Crippen LogP contribution < -0.4 is 5.32 Å². The third-order valence-corrected chi connectivity index (χ3v) is 4.49. The highest BCUT2D eigenvalue weighted by Crippen LogP contribution is 2.38. The van der Waals surface area contributed by atoms with Crippen LogP contribution in [0.5, 0.6) is 0 Å². The fourth-order valence-corrected chi connectivity index (χ4v) is 3.61. The van der Waals surface area contributed by atoms with Crippen LogP contribution in [0.1, 0.15) is 19.8 Å². The van der Waals surface area contributed by atoms with E-state index in [1.54, 1.807) is 18.7 Å². The van der Waals surface area contributed by atoms with Crippen LogP contribution in [-0.4, -0.2) is 40.7 Å². The van der Waals surface area contributed by atoms with Crippen molar-refractivity contribution in [2.24, 2.45) is 0 Å². The van der Waals surface area contributed by atoms with E-state index in [9.17, 15) is 4.79 Å². The van der Waals surface area contributed by atoms with Crippen LogP contribution in [-0.2, 0) is 4.79 Å². The largest absolute Gasteiger partial charge is 0.340 e. The average molecular weight is 225 g/mol. The second-order valence-corrected chi connectivity index (χ2v) is 5.54. The number of likely N-dealkylation sites (tertiary alicyclic amines) is 1. The second-order valence-electron chi connectivity index (χ2n) is 4.14. The van der Waals surface area contributed by atoms with Gasteiger partial charge in [0.25, 0.3) is 6.17 Å². The number of hydrogen-bond acceptors (Lipinski definition) is 3. The van der Waals surface area contributed by atoms with Gasteiger partial charge < -0.3 is 4.90 Å². The first-order chi connectivity index (χ1) is 7.15. The summed E-state index contributed by atoms with van der Waals surface area (Å²) in [5.74, 6) is 0.984. The fraction of sp³-hybridized carbons (Fsp3) is 0.800. The minimum absolute atomic E-state index is 0.0425. The number of carbonyl (C=O) groups excluding carboxylic acids is 1. The van der Waals surface area contributed by atoms with Gasteiger partial charge in [0.1, 0.15) is 0 Å². The van der Waals surface area contributed by atoms with Gasteiger partial charge >= 0.3 is 0 Å². The summed E-state index contributed by atoms with van der Waals surface area (Å²) in [4.78, 5) is 16.7. The highest BCUT2D eigenvalue weighted by Gasteiger charge is 2.45. The van der Waals surface area contributed by atoms with E-state index in [-0.39, 0.29) is 16.9 Å². The standard InChI is InChI=1S/C10H15N3OS/c1-8(14)13-5-3-4-10(7-13)12-9(11-2)6-15-10/h9,12H,3-7H2,1H3/t9-,10?/m0/s1. The van der Waals surface area contributed by atoms with Crippen LogP contribution in [0.25, 0.3) is 4.85 Å². The minimum Gasteiger partial charge on any atom is -0.340 e. The molecule has 2 aliphatic rings. The van der Waals surface area contributed by atoms with E-state index in [1.807, 2.05) is 4.90 Å². The summed E-state index contributed by atoms with van der Waals surface area (Å²) in [7, 11) is 0. The summed E-state index contributed by atoms with van der Waals surface area (Å²) in [6, 6.07) is 0. The summed E-state index contributed by atoms with van der Waals surface area (Å²) in [5, 5.41) is 3.36. The lowest BCUT2D eigenvalue weighted by molar-refractivity contribution is -0.130. The molecule has 0 radical (unpaired) electrons. The molecule has 2 rings (SSSR count). The van der Waals surface area contributed by atoms with Crippen molar-refractivity contribution < 1.29 is 4.79 Å². The lowest BCUT2D eigenvalue weighted by atomic mass is 10.0. The maximum absolute atomic E-state index is 11.3. The Morgan fingerprint density at radius 2 is 2.53 bits per heavy atom. The van der Waals surface area contributed by atoms with E-state index < -0.39 is 0 Å². The normalized spacial score (nSPS) is 35.5. The smallest absolute Gasteiger partial charge is 0.287 e. The summed E-state index contributed by atoms with van der Waals surface area (Å²) >= 11 is 1.80. The Morgan fingerprint density at radius 1 is 1.73 bits per heavy atom. The van der Waals surface area contributed by atoms with E-state index in [1.165, 1.54) is 0 Å². The van der Waals surface area contributed by atoms with Gasteiger partial charge in [-0.2, -0.15) is 0 Å². The number of rotatable bonds is 0. The molecule has 0 aromatic rings. The number of nitrogens with one attached hydrogen (secondary N) is 1. The average Bonchev–Trinajstić information content (AvgIpc) is 2.61. The summed E-state index contributed by atoms with van der Waals surface area (Å²) in [6.07, 6.45) is 2.03. The number of thioether (sulfide) groups is 1. The fourth-order valence-electron chi connectivity index (χ4n) is 2.22. The van der Waals surface area contributed by atoms with Crippen molar-refractivity contribution in [3.8, 4) is 0 Å². The first kappa shape index (κ1) is 10.8. The maximum atomic E-state index is 11.3. The van der Waals surface area contributed by atoms with Gasteiger partial charge in [-0.05, 0) is 12.8 Å². The molecular formula is C10H15N3OS. The van der Waals surface area contributed by atoms with E-state index >= 15 is 0 Å². The zero-order chi connectivity index (χ0) is 10.9. The molecule has 1 unspecified atom stereocenters. The highest BCUT2D eigenvalue weighted by molar-refractivity contribution is 8.01. The molecule has 15 heavy (non-hydrogen) atoms. The molecule has 2 saturated heterocycles. The Balaban J connectivity index is 2.04. The van der Waals surface area contributed by atoms with Gasteiger partial charge in [-0.3, -0.25) is 9.64 Å². The molecule has 2 fully saturated rings. The van der Waals surface area contributed by atoms with Crippen molar-refractivity contribution in [1.29, 1.82) is 0 Å². The van der Waals surface area contributed by atoms with Gasteiger partial charge in [-0.1, -0.05) is 0 Å². The highest BCUT2D eigenvalue weighted by atomic mass is 32.2. The molecule has 4 nitrogen and oxygen atoms in total. The zero-order valence-electron chi connectivity index (χ0n) is 8.82. The molecule has 0 bridgehead atoms. The molecule has 1 N–H and O–H groups in total. The van der Waals surface area contributed by atoms with Crippen LogP contribution in [0.3, 0.4) is 0 Å². The van der Waals surface area contributed by atoms with Crippen LogP contribution in [0.2, 0.25) is 0 Å². The van der Waals surface area contributed by atoms with Crippen molar-refractivity contribution in [3.63, 3.8) is 0 Å². The number of hydrogen-bond donors (Lipinski definition) is 1. The topological polar surface area (TPSA) is 36.7 Å². The molecule has 0 aromatic carbocycles. The van der Waals surface area contributed by atoms with Crippen LogP contribution >= 0.6 is 11.8 Å². The Hall–Kier alpha value is -0.730. The summed E-state index contributed by atoms with van der Waals surface area (Å²) in [6.45, 7) is 10.2. The van der Waals surface area contributed by atoms with E-state index in [0.29, 0.717) is 0 Å². The molecule has 0 aliphatic carbocycles. The van der Waals surface area contributed by atoms with E-state index in [0.717, 1.165) is 31.7 Å². The second kappa shape index (κ2) is 4.03. The van der Waals surface area contributed by atoms with Crippen LogP contribution in [0, 0.1) is 6.57 Å². The van der Waals surface area contributed by atoms with Gasteiger partial charge in [0, 0.05) is 20.0 Å². The molecule has 5 heteroatoms. The molecule has 82 valence electrons. The molecule has 0 aromatic heterocycles. The number of amides is 1. The lowest BCUT2D eigenvalue weighted by Crippen LogP contribution is -2.54. The Morgan fingerprint density at radius 3 is 3.13 bits per heavy atom. The predicted octanol–water partition coefficient (Wildman–Crippen LogP) is 0.907. The Labute approximate surface area is 94.2 Å². The third-order valence-electron chi connectivity index (χ3n) is 3.00. The minimum atomic E-state index is -0.0677. The Kier molecular flexibility index (Phi) is 2.89. The first-order valence-electron chi connectivity index (χ1n) is 5.19. The first-order valence-corrected chi connectivity index (χ1v) is 6.17. The molecule has 0 saturated carbocycles. The molecule has 1 spiro atoms. The van der Waals surface area contributed by atoms with Gasteiger partial charge in [-0.15, -0.1) is 11.8 Å². The van der Waals surface area contributed by atoms with Gasteiger partial charge in [0.15, 0.2) is 0 Å². The van der Waals surface area contributed by atoms with Gasteiger partial charge in [-0.25, -0.2) is 11.9 Å². The molecular weight excluding hydrogens is 210 g/mol. The monoisotopic (exact) mass is 225 g/mol. The van der Waals surface area contributed by atoms with Crippen molar-refractivity contribution >= 4 is 17.7 Å². The Bertz CT molecular complexity index is 314. The van der Waals surface area contributed by atoms with E-state index in [2.05, 4.69) is 10.2 Å². The molecule has 2 aliphatic heterocycles. The van der Waals surface area contributed by atoms with Crippen LogP contribution in [0.4, 0.5) is 0 Å². The summed E-state index contributed by atoms with van der Waals surface area (Å²) < 4.78 is 0. The van der Waals surface area contributed by atoms with Gasteiger partial charge in [0.2, 0.25) is 5.91 Å². The van der Waals surface area contributed by atoms with Crippen molar-refractivity contribution in [3.05, 3.63) is 11.4 Å².